The number of carboxylic acids is 1. The highest BCUT2D eigenvalue weighted by Gasteiger charge is 2.17. The number of halogens is 2. The molecule has 1 rings (SSSR count). The molecule has 1 aromatic carbocycles. The SMILES string of the molecule is CC(C)N(CCC(=O)O)CC(=O)Nc1c(F)cccc1F. The lowest BCUT2D eigenvalue weighted by Gasteiger charge is -2.25. The minimum atomic E-state index is -0.971. The van der Waals surface area contributed by atoms with Crippen molar-refractivity contribution in [2.45, 2.75) is 26.3 Å². The van der Waals surface area contributed by atoms with Gasteiger partial charge in [0.2, 0.25) is 5.91 Å². The zero-order valence-corrected chi connectivity index (χ0v) is 11.9. The summed E-state index contributed by atoms with van der Waals surface area (Å²) in [5.74, 6) is -3.28. The standard InChI is InChI=1S/C14H18F2N2O3/c1-9(2)18(7-6-13(20)21)8-12(19)17-14-10(15)4-3-5-11(14)16/h3-5,9H,6-8H2,1-2H3,(H,17,19)(H,20,21). The third-order valence-corrected chi connectivity index (χ3v) is 2.92. The molecule has 21 heavy (non-hydrogen) atoms. The molecule has 0 radical (unpaired) electrons. The Morgan fingerprint density at radius 1 is 1.29 bits per heavy atom. The Kier molecular flexibility index (Phi) is 6.23. The number of aliphatic carboxylic acids is 1. The highest BCUT2D eigenvalue weighted by Crippen LogP contribution is 2.17. The van der Waals surface area contributed by atoms with Crippen molar-refractivity contribution in [2.24, 2.45) is 0 Å². The maximum Gasteiger partial charge on any atom is 0.304 e. The van der Waals surface area contributed by atoms with Gasteiger partial charge in [-0.1, -0.05) is 6.07 Å². The van der Waals surface area contributed by atoms with Crippen LogP contribution in [0.3, 0.4) is 0 Å². The number of amides is 1. The number of hydrogen-bond donors (Lipinski definition) is 2. The maximum absolute atomic E-state index is 13.4. The van der Waals surface area contributed by atoms with Crippen molar-refractivity contribution >= 4 is 17.6 Å². The number of nitrogens with one attached hydrogen (secondary N) is 1. The number of para-hydroxylation sites is 1. The van der Waals surface area contributed by atoms with Crippen molar-refractivity contribution in [1.29, 1.82) is 0 Å². The van der Waals surface area contributed by atoms with Gasteiger partial charge >= 0.3 is 5.97 Å². The predicted octanol–water partition coefficient (Wildman–Crippen LogP) is 2.09. The molecule has 0 heterocycles. The molecule has 0 bridgehead atoms. The third-order valence-electron chi connectivity index (χ3n) is 2.92. The third kappa shape index (κ3) is 5.47. The van der Waals surface area contributed by atoms with E-state index in [4.69, 9.17) is 5.11 Å². The summed E-state index contributed by atoms with van der Waals surface area (Å²) in [4.78, 5) is 24.0. The first-order valence-electron chi connectivity index (χ1n) is 6.51. The van der Waals surface area contributed by atoms with E-state index in [9.17, 15) is 18.4 Å². The first-order valence-corrected chi connectivity index (χ1v) is 6.51. The number of carbonyl (C=O) groups is 2. The Hall–Kier alpha value is -2.02. The average Bonchev–Trinajstić information content (AvgIpc) is 2.38. The van der Waals surface area contributed by atoms with Crippen LogP contribution in [-0.2, 0) is 9.59 Å². The smallest absolute Gasteiger partial charge is 0.304 e. The number of hydrogen-bond acceptors (Lipinski definition) is 3. The summed E-state index contributed by atoms with van der Waals surface area (Å²) in [6.45, 7) is 3.65. The Morgan fingerprint density at radius 3 is 2.33 bits per heavy atom. The summed E-state index contributed by atoms with van der Waals surface area (Å²) >= 11 is 0. The second-order valence-corrected chi connectivity index (χ2v) is 4.85. The van der Waals surface area contributed by atoms with E-state index in [1.54, 1.807) is 18.7 Å². The number of carboxylic acid groups (broad SMARTS) is 1. The molecule has 1 aromatic rings. The van der Waals surface area contributed by atoms with Gasteiger partial charge in [0.15, 0.2) is 0 Å². The number of rotatable bonds is 7. The number of anilines is 1. The summed E-state index contributed by atoms with van der Waals surface area (Å²) in [6.07, 6.45) is -0.112. The Labute approximate surface area is 121 Å². The average molecular weight is 300 g/mol. The molecule has 0 aliphatic rings. The molecule has 0 aliphatic carbocycles. The second-order valence-electron chi connectivity index (χ2n) is 4.85. The normalized spacial score (nSPS) is 11.0. The lowest BCUT2D eigenvalue weighted by atomic mass is 10.2. The highest BCUT2D eigenvalue weighted by atomic mass is 19.1. The lowest BCUT2D eigenvalue weighted by molar-refractivity contribution is -0.137. The molecule has 0 aliphatic heterocycles. The Balaban J connectivity index is 2.68. The summed E-state index contributed by atoms with van der Waals surface area (Å²) in [6, 6.07) is 3.22. The predicted molar refractivity (Wildman–Crippen MR) is 73.9 cm³/mol. The molecule has 5 nitrogen and oxygen atoms in total. The molecule has 0 saturated carbocycles. The van der Waals surface area contributed by atoms with Gasteiger partial charge in [0.05, 0.1) is 13.0 Å². The van der Waals surface area contributed by atoms with Crippen LogP contribution in [0.4, 0.5) is 14.5 Å². The minimum absolute atomic E-state index is 0.0689. The van der Waals surface area contributed by atoms with Gasteiger partial charge in [-0.15, -0.1) is 0 Å². The zero-order valence-electron chi connectivity index (χ0n) is 11.9. The van der Waals surface area contributed by atoms with E-state index in [0.29, 0.717) is 0 Å². The summed E-state index contributed by atoms with van der Waals surface area (Å²) < 4.78 is 26.8. The van der Waals surface area contributed by atoms with Crippen LogP contribution in [0.15, 0.2) is 18.2 Å². The quantitative estimate of drug-likeness (QED) is 0.809. The van der Waals surface area contributed by atoms with Crippen LogP contribution < -0.4 is 5.32 Å². The van der Waals surface area contributed by atoms with Crippen LogP contribution >= 0.6 is 0 Å². The lowest BCUT2D eigenvalue weighted by Crippen LogP contribution is -2.39. The molecular formula is C14H18F2N2O3. The molecule has 116 valence electrons. The van der Waals surface area contributed by atoms with Crippen LogP contribution in [0.2, 0.25) is 0 Å². The molecule has 7 heteroatoms. The van der Waals surface area contributed by atoms with Crippen LogP contribution in [0.1, 0.15) is 20.3 Å². The monoisotopic (exact) mass is 300 g/mol. The fourth-order valence-electron chi connectivity index (χ4n) is 1.74. The number of nitrogens with zero attached hydrogens (tertiary/aromatic N) is 1. The molecule has 0 aromatic heterocycles. The second kappa shape index (κ2) is 7.68. The topological polar surface area (TPSA) is 69.6 Å². The molecule has 1 amide bonds. The van der Waals surface area contributed by atoms with Gasteiger partial charge in [0, 0.05) is 12.6 Å². The van der Waals surface area contributed by atoms with Crippen molar-refractivity contribution in [3.05, 3.63) is 29.8 Å². The van der Waals surface area contributed by atoms with Gasteiger partial charge in [0.25, 0.3) is 0 Å². The van der Waals surface area contributed by atoms with Crippen LogP contribution in [0.25, 0.3) is 0 Å². The number of carbonyl (C=O) groups excluding carboxylic acids is 1. The first-order chi connectivity index (χ1) is 9.81. The van der Waals surface area contributed by atoms with Gasteiger partial charge in [-0.2, -0.15) is 0 Å². The van der Waals surface area contributed by atoms with E-state index < -0.39 is 29.2 Å². The highest BCUT2D eigenvalue weighted by molar-refractivity contribution is 5.92. The van der Waals surface area contributed by atoms with Crippen molar-refractivity contribution < 1.29 is 23.5 Å². The van der Waals surface area contributed by atoms with Crippen molar-refractivity contribution in [3.8, 4) is 0 Å². The van der Waals surface area contributed by atoms with Gasteiger partial charge in [-0.3, -0.25) is 14.5 Å². The molecule has 0 atom stereocenters. The zero-order chi connectivity index (χ0) is 16.0. The molecular weight excluding hydrogens is 282 g/mol. The van der Waals surface area contributed by atoms with E-state index in [0.717, 1.165) is 12.1 Å². The van der Waals surface area contributed by atoms with Crippen molar-refractivity contribution in [3.63, 3.8) is 0 Å². The van der Waals surface area contributed by atoms with Gasteiger partial charge in [-0.25, -0.2) is 8.78 Å². The first kappa shape index (κ1) is 17.0. The summed E-state index contributed by atoms with van der Waals surface area (Å²) in [7, 11) is 0. The maximum atomic E-state index is 13.4. The van der Waals surface area contributed by atoms with Gasteiger partial charge < -0.3 is 10.4 Å². The minimum Gasteiger partial charge on any atom is -0.481 e. The molecule has 0 saturated heterocycles. The fraction of sp³-hybridized carbons (Fsp3) is 0.429. The van der Waals surface area contributed by atoms with E-state index in [1.807, 2.05) is 0 Å². The Morgan fingerprint density at radius 2 is 1.86 bits per heavy atom. The largest absolute Gasteiger partial charge is 0.481 e. The van der Waals surface area contributed by atoms with Crippen LogP contribution in [0, 0.1) is 11.6 Å². The van der Waals surface area contributed by atoms with E-state index in [1.165, 1.54) is 6.07 Å². The number of benzene rings is 1. The molecule has 0 unspecified atom stereocenters. The summed E-state index contributed by atoms with van der Waals surface area (Å²) in [5, 5.41) is 10.8. The van der Waals surface area contributed by atoms with E-state index >= 15 is 0 Å². The Bertz CT molecular complexity index is 501. The van der Waals surface area contributed by atoms with Crippen LogP contribution in [-0.4, -0.2) is 41.0 Å². The van der Waals surface area contributed by atoms with Gasteiger partial charge in [-0.05, 0) is 26.0 Å². The van der Waals surface area contributed by atoms with E-state index in [-0.39, 0.29) is 25.6 Å². The van der Waals surface area contributed by atoms with Gasteiger partial charge in [0.1, 0.15) is 17.3 Å². The van der Waals surface area contributed by atoms with Crippen molar-refractivity contribution in [1.82, 2.24) is 4.90 Å². The molecule has 0 spiro atoms. The fourth-order valence-corrected chi connectivity index (χ4v) is 1.74. The van der Waals surface area contributed by atoms with Crippen LogP contribution in [0.5, 0.6) is 0 Å². The summed E-state index contributed by atoms with van der Waals surface area (Å²) in [5.41, 5.74) is -0.496. The molecule has 2 N–H and O–H groups in total. The van der Waals surface area contributed by atoms with E-state index in [2.05, 4.69) is 5.32 Å². The van der Waals surface area contributed by atoms with Crippen molar-refractivity contribution in [2.75, 3.05) is 18.4 Å². The molecule has 0 fully saturated rings.